The van der Waals surface area contributed by atoms with E-state index in [1.807, 2.05) is 81.5 Å². The molecule has 0 saturated heterocycles. The molecule has 0 bridgehead atoms. The van der Waals surface area contributed by atoms with Gasteiger partial charge in [0.1, 0.15) is 38.5 Å². The van der Waals surface area contributed by atoms with Gasteiger partial charge < -0.3 is 29.3 Å². The number of thiophene rings is 2. The van der Waals surface area contributed by atoms with Crippen molar-refractivity contribution in [3.8, 4) is 44.4 Å². The summed E-state index contributed by atoms with van der Waals surface area (Å²) >= 11 is 3.24. The van der Waals surface area contributed by atoms with E-state index in [4.69, 9.17) is 35.1 Å². The van der Waals surface area contributed by atoms with E-state index in [0.29, 0.717) is 42.8 Å². The minimum atomic E-state index is 0.00638. The maximum Gasteiger partial charge on any atom is 0.199 e. The summed E-state index contributed by atoms with van der Waals surface area (Å²) < 4.78 is 9.90. The number of imidazole rings is 4. The van der Waals surface area contributed by atoms with Crippen LogP contribution in [-0.2, 0) is 40.5 Å². The maximum absolute atomic E-state index is 5.15. The summed E-state index contributed by atoms with van der Waals surface area (Å²) in [6.45, 7) is 11.8. The summed E-state index contributed by atoms with van der Waals surface area (Å²) in [7, 11) is 5.92. The van der Waals surface area contributed by atoms with Crippen LogP contribution in [0.1, 0.15) is 61.2 Å². The Morgan fingerprint density at radius 2 is 1.36 bits per heavy atom. The minimum Gasteiger partial charge on any atom is -0.369 e. The molecule has 10 aromatic heterocycles. The summed E-state index contributed by atoms with van der Waals surface area (Å²) in [5.74, 6) is 4.80. The number of aromatic amines is 1. The molecule has 0 spiro atoms. The highest BCUT2D eigenvalue weighted by atomic mass is 32.1. The fourth-order valence-corrected chi connectivity index (χ4v) is 10.2. The van der Waals surface area contributed by atoms with Crippen LogP contribution in [0.2, 0.25) is 0 Å². The fourth-order valence-electron chi connectivity index (χ4n) is 7.95. The van der Waals surface area contributed by atoms with Crippen LogP contribution < -0.4 is 10.6 Å². The predicted octanol–water partition coefficient (Wildman–Crippen LogP) is 7.95. The summed E-state index contributed by atoms with van der Waals surface area (Å²) in [4.78, 5) is 45.8. The quantitative estimate of drug-likeness (QED) is 0.0901. The highest BCUT2D eigenvalue weighted by Crippen LogP contribution is 2.42. The van der Waals surface area contributed by atoms with E-state index in [0.717, 1.165) is 88.0 Å². The lowest BCUT2D eigenvalue weighted by molar-refractivity contribution is 0.486. The van der Waals surface area contributed by atoms with Gasteiger partial charge in [0.25, 0.3) is 0 Å². The number of fused-ring (bicyclic) bond motifs is 2. The van der Waals surface area contributed by atoms with E-state index in [2.05, 4.69) is 83.5 Å². The number of rotatable bonds is 15. The van der Waals surface area contributed by atoms with Gasteiger partial charge in [-0.3, -0.25) is 9.36 Å². The van der Waals surface area contributed by atoms with Crippen molar-refractivity contribution in [3.05, 3.63) is 96.4 Å². The maximum atomic E-state index is 5.15. The second-order valence-corrected chi connectivity index (χ2v) is 18.4. The zero-order valence-electron chi connectivity index (χ0n) is 36.9. The van der Waals surface area contributed by atoms with E-state index in [9.17, 15) is 0 Å². The van der Waals surface area contributed by atoms with Crippen LogP contribution in [-0.4, -0.2) is 84.7 Å². The molecule has 1 atom stereocenters. The normalized spacial score (nSPS) is 12.4. The van der Waals surface area contributed by atoms with Crippen LogP contribution in [0.15, 0.2) is 68.0 Å². The molecule has 10 heterocycles. The van der Waals surface area contributed by atoms with Crippen LogP contribution in [0, 0.1) is 13.8 Å². The van der Waals surface area contributed by atoms with Crippen molar-refractivity contribution in [1.29, 1.82) is 0 Å². The number of H-pyrrole nitrogens is 1. The van der Waals surface area contributed by atoms with Gasteiger partial charge in [-0.2, -0.15) is 10.2 Å². The van der Waals surface area contributed by atoms with Gasteiger partial charge in [-0.1, -0.05) is 0 Å². The highest BCUT2D eigenvalue weighted by molar-refractivity contribution is 7.22. The molecule has 0 amide bonds. The van der Waals surface area contributed by atoms with E-state index < -0.39 is 0 Å². The van der Waals surface area contributed by atoms with Gasteiger partial charge in [0.15, 0.2) is 23.3 Å². The molecule has 326 valence electrons. The first-order chi connectivity index (χ1) is 31.0. The minimum absolute atomic E-state index is 0.00638. The summed E-state index contributed by atoms with van der Waals surface area (Å²) in [5, 5.41) is 19.1. The van der Waals surface area contributed by atoms with Gasteiger partial charge in [0, 0.05) is 96.1 Å². The van der Waals surface area contributed by atoms with Crippen molar-refractivity contribution in [1.82, 2.24) is 78.1 Å². The number of aryl methyl sites for hydroxylation is 5. The van der Waals surface area contributed by atoms with Gasteiger partial charge in [-0.05, 0) is 57.9 Å². The largest absolute Gasteiger partial charge is 0.369 e. The Kier molecular flexibility index (Phi) is 10.6. The van der Waals surface area contributed by atoms with Gasteiger partial charge >= 0.3 is 0 Å². The monoisotopic (exact) mass is 892 g/mol. The lowest BCUT2D eigenvalue weighted by Crippen LogP contribution is -2.09. The molecular weight excluding hydrogens is 845 g/mol. The van der Waals surface area contributed by atoms with Crippen LogP contribution in [0.5, 0.6) is 0 Å². The van der Waals surface area contributed by atoms with E-state index in [1.165, 1.54) is 0 Å². The molecule has 20 heteroatoms. The molecule has 0 aliphatic heterocycles. The van der Waals surface area contributed by atoms with Crippen molar-refractivity contribution in [3.63, 3.8) is 0 Å². The highest BCUT2D eigenvalue weighted by Gasteiger charge is 2.24. The third-order valence-corrected chi connectivity index (χ3v) is 13.7. The van der Waals surface area contributed by atoms with Crippen LogP contribution in [0.4, 0.5) is 11.6 Å². The first-order valence-corrected chi connectivity index (χ1v) is 22.8. The Balaban J connectivity index is 0.929. The Hall–Kier alpha value is -7.06. The van der Waals surface area contributed by atoms with Gasteiger partial charge in [0.05, 0.1) is 50.8 Å². The van der Waals surface area contributed by atoms with Crippen molar-refractivity contribution in [2.24, 2.45) is 21.1 Å². The van der Waals surface area contributed by atoms with Gasteiger partial charge in [-0.15, -0.1) is 22.7 Å². The van der Waals surface area contributed by atoms with Crippen molar-refractivity contribution in [2.45, 2.75) is 66.1 Å². The first-order valence-electron chi connectivity index (χ1n) is 21.1. The van der Waals surface area contributed by atoms with Gasteiger partial charge in [-0.25, -0.2) is 39.9 Å². The molecule has 1 unspecified atom stereocenters. The molecule has 3 N–H and O–H groups in total. The molecule has 0 aromatic carbocycles. The summed E-state index contributed by atoms with van der Waals surface area (Å²) in [6.07, 6.45) is 18.6. The molecule has 0 aliphatic carbocycles. The Labute approximate surface area is 376 Å². The lowest BCUT2D eigenvalue weighted by atomic mass is 10.1. The zero-order valence-corrected chi connectivity index (χ0v) is 38.5. The average molecular weight is 893 g/mol. The number of aromatic nitrogens is 16. The molecule has 0 aliphatic rings. The Morgan fingerprint density at radius 1 is 0.688 bits per heavy atom. The van der Waals surface area contributed by atoms with Gasteiger partial charge in [0.2, 0.25) is 0 Å². The summed E-state index contributed by atoms with van der Waals surface area (Å²) in [5.41, 5.74) is 5.89. The molecule has 10 rings (SSSR count). The molecule has 0 radical (unpaired) electrons. The number of anilines is 2. The standard InChI is InChI=1S/C44H48N18S2/c1-24(2)61-16-10-30(56-61)35-26(4)33-37(47-12-9-28-21-58(6)23-50-28)52-40(55-43(33)63-35)42-51-29(22-60(42)8)19-25(3)62-17-11-31(57-62)36-27(5)34-38(49-20-32-45-13-14-46-32)53-39(54-44(34)64-36)41-48-15-18-59(41)7/h10-11,13-18,21-25H,9,12,19-20H2,1-8H3,(H,45,46)(H,47,52,55)(H,49,53,54). The van der Waals surface area contributed by atoms with Crippen LogP contribution in [0.3, 0.4) is 0 Å². The molecule has 10 aromatic rings. The fraction of sp³-hybridized carbons (Fsp3) is 0.318. The number of hydrogen-bond acceptors (Lipinski definition) is 14. The smallest absolute Gasteiger partial charge is 0.199 e. The SMILES string of the molecule is Cc1c(-c2ccn(C(C)Cc3cn(C)c(-c4nc(NCCc5cn(C)cn5)c5c(C)c(-c6ccn(C(C)C)n6)sc5n4)n3)n2)sc2nc(-c3nccn3C)nc(NCc3ncc[nH]3)c12. The number of hydrogen-bond donors (Lipinski definition) is 3. The third-order valence-electron chi connectivity index (χ3n) is 11.3. The third kappa shape index (κ3) is 7.72. The Morgan fingerprint density at radius 3 is 1.97 bits per heavy atom. The molecule has 0 fully saturated rings. The zero-order chi connectivity index (χ0) is 44.2. The number of nitrogens with zero attached hydrogens (tertiary/aromatic N) is 15. The predicted molar refractivity (Wildman–Crippen MR) is 251 cm³/mol. The number of nitrogens with one attached hydrogen (secondary N) is 3. The lowest BCUT2D eigenvalue weighted by Gasteiger charge is -2.10. The second-order valence-electron chi connectivity index (χ2n) is 16.4. The van der Waals surface area contributed by atoms with E-state index in [1.54, 1.807) is 35.1 Å². The van der Waals surface area contributed by atoms with Crippen LogP contribution >= 0.6 is 22.7 Å². The summed E-state index contributed by atoms with van der Waals surface area (Å²) in [6, 6.07) is 4.41. The van der Waals surface area contributed by atoms with Crippen molar-refractivity contribution < 1.29 is 0 Å². The Bertz CT molecular complexity index is 3260. The van der Waals surface area contributed by atoms with E-state index >= 15 is 0 Å². The molecule has 18 nitrogen and oxygen atoms in total. The topological polar surface area (TPSA) is 193 Å². The van der Waals surface area contributed by atoms with Crippen molar-refractivity contribution in [2.75, 3.05) is 17.2 Å². The molecule has 64 heavy (non-hydrogen) atoms. The first kappa shape index (κ1) is 41.0. The van der Waals surface area contributed by atoms with Crippen LogP contribution in [0.25, 0.3) is 64.9 Å². The molecular formula is C44H48N18S2. The van der Waals surface area contributed by atoms with E-state index in [-0.39, 0.29) is 12.1 Å². The second kappa shape index (κ2) is 16.6. The average Bonchev–Trinajstić information content (AvgIpc) is 4.13. The van der Waals surface area contributed by atoms with Crippen molar-refractivity contribution >= 4 is 54.7 Å². The molecule has 0 saturated carbocycles.